The van der Waals surface area contributed by atoms with E-state index in [0.717, 1.165) is 63.5 Å². The van der Waals surface area contributed by atoms with E-state index in [0.29, 0.717) is 12.5 Å². The summed E-state index contributed by atoms with van der Waals surface area (Å²) in [5.41, 5.74) is 2.22. The molecule has 3 heterocycles. The molecule has 1 aromatic heterocycles. The first kappa shape index (κ1) is 18.3. The highest BCUT2D eigenvalue weighted by molar-refractivity contribution is 5.79. The van der Waals surface area contributed by atoms with Crippen LogP contribution in [0.25, 0.3) is 5.69 Å². The molecule has 1 atom stereocenters. The Morgan fingerprint density at radius 2 is 1.70 bits per heavy atom. The summed E-state index contributed by atoms with van der Waals surface area (Å²) in [7, 11) is 0. The quantitative estimate of drug-likeness (QED) is 0.814. The summed E-state index contributed by atoms with van der Waals surface area (Å²) in [6.07, 6.45) is 5.68. The number of carbonyl (C=O) groups is 1. The third-order valence-electron chi connectivity index (χ3n) is 6.08. The van der Waals surface area contributed by atoms with Gasteiger partial charge in [-0.25, -0.2) is 0 Å². The van der Waals surface area contributed by atoms with Crippen LogP contribution in [0.15, 0.2) is 48.8 Å². The molecule has 2 aromatic rings. The zero-order valence-electron chi connectivity index (χ0n) is 16.3. The van der Waals surface area contributed by atoms with Crippen molar-refractivity contribution in [1.82, 2.24) is 19.3 Å². The maximum Gasteiger partial charge on any atom is 0.227 e. The van der Waals surface area contributed by atoms with Crippen molar-refractivity contribution in [2.75, 3.05) is 45.8 Å². The largest absolute Gasteiger partial charge is 0.341 e. The van der Waals surface area contributed by atoms with Crippen molar-refractivity contribution >= 4 is 5.91 Å². The van der Waals surface area contributed by atoms with E-state index in [9.17, 15) is 4.79 Å². The van der Waals surface area contributed by atoms with E-state index in [2.05, 4.69) is 50.5 Å². The number of aromatic nitrogens is 1. The molecule has 2 fully saturated rings. The molecular formula is C22H30N4O. The molecule has 0 spiro atoms. The number of rotatable bonds is 5. The number of likely N-dealkylation sites (tertiary alicyclic amines) is 1. The number of nitrogens with zero attached hydrogens (tertiary/aromatic N) is 4. The fourth-order valence-corrected chi connectivity index (χ4v) is 4.29. The highest BCUT2D eigenvalue weighted by Gasteiger charge is 2.31. The summed E-state index contributed by atoms with van der Waals surface area (Å²) >= 11 is 0. The standard InChI is InChI=1S/C22H30N4O/c1-2-23-13-15-25(16-14-23)21-9-12-26(18-21)22(27)17-19-5-7-20(8-6-19)24-10-3-4-11-24/h3-8,10-11,21H,2,9,12-18H2,1H3. The lowest BCUT2D eigenvalue weighted by Gasteiger charge is -2.37. The normalized spacial score (nSPS) is 21.7. The van der Waals surface area contributed by atoms with Crippen LogP contribution in [0.3, 0.4) is 0 Å². The van der Waals surface area contributed by atoms with E-state index in [4.69, 9.17) is 0 Å². The van der Waals surface area contributed by atoms with Crippen LogP contribution in [0.5, 0.6) is 0 Å². The third-order valence-corrected chi connectivity index (χ3v) is 6.08. The molecule has 5 nitrogen and oxygen atoms in total. The van der Waals surface area contributed by atoms with Crippen LogP contribution in [-0.4, -0.2) is 77.0 Å². The number of hydrogen-bond acceptors (Lipinski definition) is 3. The van der Waals surface area contributed by atoms with E-state index in [1.54, 1.807) is 0 Å². The van der Waals surface area contributed by atoms with Crippen LogP contribution in [0, 0.1) is 0 Å². The summed E-state index contributed by atoms with van der Waals surface area (Å²) in [6, 6.07) is 12.9. The van der Waals surface area contributed by atoms with E-state index in [1.165, 1.54) is 0 Å². The SMILES string of the molecule is CCN1CCN(C2CCN(C(=O)Cc3ccc(-n4cccc4)cc3)C2)CC1. The zero-order chi connectivity index (χ0) is 18.6. The van der Waals surface area contributed by atoms with Gasteiger partial charge in [0.1, 0.15) is 0 Å². The number of likely N-dealkylation sites (N-methyl/N-ethyl adjacent to an activating group) is 1. The lowest BCUT2D eigenvalue weighted by Crippen LogP contribution is -2.51. The molecule has 1 unspecified atom stereocenters. The minimum Gasteiger partial charge on any atom is -0.341 e. The molecule has 2 aliphatic rings. The van der Waals surface area contributed by atoms with Gasteiger partial charge >= 0.3 is 0 Å². The predicted octanol–water partition coefficient (Wildman–Crippen LogP) is 2.26. The van der Waals surface area contributed by atoms with Crippen LogP contribution in [0.1, 0.15) is 18.9 Å². The molecule has 0 radical (unpaired) electrons. The smallest absolute Gasteiger partial charge is 0.227 e. The van der Waals surface area contributed by atoms with Crippen LogP contribution in [-0.2, 0) is 11.2 Å². The van der Waals surface area contributed by atoms with Gasteiger partial charge in [-0.3, -0.25) is 9.69 Å². The predicted molar refractivity (Wildman–Crippen MR) is 108 cm³/mol. The average Bonchev–Trinajstić information content (AvgIpc) is 3.41. The summed E-state index contributed by atoms with van der Waals surface area (Å²) in [5, 5.41) is 0. The minimum atomic E-state index is 0.262. The second-order valence-electron chi connectivity index (χ2n) is 7.69. The Morgan fingerprint density at radius 1 is 1.00 bits per heavy atom. The van der Waals surface area contributed by atoms with Gasteiger partial charge in [-0.2, -0.15) is 0 Å². The Kier molecular flexibility index (Phi) is 5.60. The molecule has 4 rings (SSSR count). The monoisotopic (exact) mass is 366 g/mol. The highest BCUT2D eigenvalue weighted by Crippen LogP contribution is 2.19. The highest BCUT2D eigenvalue weighted by atomic mass is 16.2. The van der Waals surface area contributed by atoms with E-state index in [-0.39, 0.29) is 5.91 Å². The van der Waals surface area contributed by atoms with Gasteiger partial charge in [-0.1, -0.05) is 19.1 Å². The molecule has 5 heteroatoms. The lowest BCUT2D eigenvalue weighted by molar-refractivity contribution is -0.129. The summed E-state index contributed by atoms with van der Waals surface area (Å²) < 4.78 is 2.08. The molecular weight excluding hydrogens is 336 g/mol. The first-order chi connectivity index (χ1) is 13.2. The van der Waals surface area contributed by atoms with E-state index in [1.807, 2.05) is 24.5 Å². The van der Waals surface area contributed by atoms with Crippen molar-refractivity contribution in [1.29, 1.82) is 0 Å². The van der Waals surface area contributed by atoms with Gasteiger partial charge in [-0.15, -0.1) is 0 Å². The van der Waals surface area contributed by atoms with Crippen LogP contribution >= 0.6 is 0 Å². The molecule has 0 N–H and O–H groups in total. The Morgan fingerprint density at radius 3 is 2.37 bits per heavy atom. The van der Waals surface area contributed by atoms with Gasteiger partial charge in [-0.05, 0) is 42.8 Å². The molecule has 2 saturated heterocycles. The van der Waals surface area contributed by atoms with Crippen molar-refractivity contribution in [2.45, 2.75) is 25.8 Å². The number of amides is 1. The molecule has 1 amide bonds. The van der Waals surface area contributed by atoms with Gasteiger partial charge in [0.15, 0.2) is 0 Å². The number of carbonyl (C=O) groups excluding carboxylic acids is 1. The Hall–Kier alpha value is -2.11. The van der Waals surface area contributed by atoms with Crippen molar-refractivity contribution < 1.29 is 4.79 Å². The topological polar surface area (TPSA) is 31.7 Å². The van der Waals surface area contributed by atoms with E-state index >= 15 is 0 Å². The van der Waals surface area contributed by atoms with Gasteiger partial charge in [0, 0.05) is 63.4 Å². The van der Waals surface area contributed by atoms with Crippen LogP contribution in [0.2, 0.25) is 0 Å². The summed E-state index contributed by atoms with van der Waals surface area (Å²) in [6.45, 7) is 9.78. The van der Waals surface area contributed by atoms with Gasteiger partial charge in [0.05, 0.1) is 6.42 Å². The van der Waals surface area contributed by atoms with E-state index < -0.39 is 0 Å². The molecule has 0 bridgehead atoms. The van der Waals surface area contributed by atoms with Gasteiger partial charge < -0.3 is 14.4 Å². The first-order valence-electron chi connectivity index (χ1n) is 10.2. The van der Waals surface area contributed by atoms with Crippen LogP contribution in [0.4, 0.5) is 0 Å². The van der Waals surface area contributed by atoms with Crippen molar-refractivity contribution in [3.05, 3.63) is 54.4 Å². The molecule has 0 aliphatic carbocycles. The maximum absolute atomic E-state index is 12.7. The van der Waals surface area contributed by atoms with Crippen molar-refractivity contribution in [2.24, 2.45) is 0 Å². The Balaban J connectivity index is 1.29. The number of piperazine rings is 1. The fraction of sp³-hybridized carbons (Fsp3) is 0.500. The van der Waals surface area contributed by atoms with Gasteiger partial charge in [0.25, 0.3) is 0 Å². The molecule has 1 aromatic carbocycles. The van der Waals surface area contributed by atoms with Crippen LogP contribution < -0.4 is 0 Å². The number of benzene rings is 1. The molecule has 27 heavy (non-hydrogen) atoms. The zero-order valence-corrected chi connectivity index (χ0v) is 16.3. The molecule has 2 aliphatic heterocycles. The fourth-order valence-electron chi connectivity index (χ4n) is 4.29. The second kappa shape index (κ2) is 8.28. The Labute approximate surface area is 162 Å². The summed E-state index contributed by atoms with van der Waals surface area (Å²) in [5.74, 6) is 0.262. The third kappa shape index (κ3) is 4.25. The number of hydrogen-bond donors (Lipinski definition) is 0. The summed E-state index contributed by atoms with van der Waals surface area (Å²) in [4.78, 5) is 19.9. The second-order valence-corrected chi connectivity index (χ2v) is 7.69. The molecule has 144 valence electrons. The lowest BCUT2D eigenvalue weighted by atomic mass is 10.1. The van der Waals surface area contributed by atoms with Gasteiger partial charge in [0.2, 0.25) is 5.91 Å². The Bertz CT molecular complexity index is 732. The maximum atomic E-state index is 12.7. The molecule has 0 saturated carbocycles. The van der Waals surface area contributed by atoms with Crippen molar-refractivity contribution in [3.8, 4) is 5.69 Å². The average molecular weight is 367 g/mol. The van der Waals surface area contributed by atoms with Crippen molar-refractivity contribution in [3.63, 3.8) is 0 Å². The first-order valence-corrected chi connectivity index (χ1v) is 10.2. The minimum absolute atomic E-state index is 0.262.